The Labute approximate surface area is 186 Å². The maximum absolute atomic E-state index is 13.5. The number of halogens is 3. The van der Waals surface area contributed by atoms with Gasteiger partial charge in [0.2, 0.25) is 5.91 Å². The van der Waals surface area contributed by atoms with Crippen molar-refractivity contribution in [2.24, 2.45) is 0 Å². The van der Waals surface area contributed by atoms with Crippen LogP contribution in [0, 0.1) is 13.8 Å². The van der Waals surface area contributed by atoms with Gasteiger partial charge < -0.3 is 10.0 Å². The van der Waals surface area contributed by atoms with Crippen molar-refractivity contribution < 1.29 is 23.1 Å². The van der Waals surface area contributed by atoms with E-state index in [0.717, 1.165) is 23.3 Å². The molecule has 0 aliphatic rings. The molecule has 168 valence electrons. The number of aryl methyl sites for hydroxylation is 2. The molecule has 0 fully saturated rings. The van der Waals surface area contributed by atoms with Crippen molar-refractivity contribution in [3.63, 3.8) is 0 Å². The minimum Gasteiger partial charge on any atom is -0.395 e. The molecule has 0 aliphatic carbocycles. The molecule has 0 saturated carbocycles. The summed E-state index contributed by atoms with van der Waals surface area (Å²) in [5.74, 6) is -0.987. The Hall–Kier alpha value is -3.12. The number of rotatable bonds is 7. The van der Waals surface area contributed by atoms with Crippen molar-refractivity contribution in [3.8, 4) is 0 Å². The van der Waals surface area contributed by atoms with Gasteiger partial charge in [0.1, 0.15) is 0 Å². The molecule has 32 heavy (non-hydrogen) atoms. The highest BCUT2D eigenvalue weighted by atomic mass is 19.4. The van der Waals surface area contributed by atoms with Gasteiger partial charge in [-0.15, -0.1) is 0 Å². The molecule has 0 radical (unpaired) electrons. The Morgan fingerprint density at radius 1 is 0.938 bits per heavy atom. The van der Waals surface area contributed by atoms with Crippen LogP contribution in [0.15, 0.2) is 72.8 Å². The molecule has 0 bridgehead atoms. The van der Waals surface area contributed by atoms with Crippen LogP contribution in [0.2, 0.25) is 0 Å². The zero-order valence-electron chi connectivity index (χ0n) is 18.1. The van der Waals surface area contributed by atoms with E-state index in [-0.39, 0.29) is 19.1 Å². The second-order valence-corrected chi connectivity index (χ2v) is 7.85. The van der Waals surface area contributed by atoms with Crippen molar-refractivity contribution in [2.45, 2.75) is 32.4 Å². The summed E-state index contributed by atoms with van der Waals surface area (Å²) in [5.41, 5.74) is 3.51. The number of alkyl halides is 3. The fraction of sp³-hybridized carbons (Fsp3) is 0.269. The third-order valence-electron chi connectivity index (χ3n) is 5.66. The van der Waals surface area contributed by atoms with E-state index in [2.05, 4.69) is 0 Å². The molecule has 0 spiro atoms. The minimum absolute atomic E-state index is 0.256. The highest BCUT2D eigenvalue weighted by Gasteiger charge is 2.30. The Balaban J connectivity index is 1.88. The highest BCUT2D eigenvalue weighted by Crippen LogP contribution is 2.29. The lowest BCUT2D eigenvalue weighted by atomic mass is 9.97. The zero-order valence-corrected chi connectivity index (χ0v) is 18.1. The Morgan fingerprint density at radius 2 is 1.59 bits per heavy atom. The summed E-state index contributed by atoms with van der Waals surface area (Å²) in [6.07, 6.45) is -4.01. The number of carbonyl (C=O) groups excluding carboxylic acids is 1. The van der Waals surface area contributed by atoms with Crippen LogP contribution in [-0.2, 0) is 17.4 Å². The molecule has 3 nitrogen and oxygen atoms in total. The number of nitrogens with zero attached hydrogens (tertiary/aromatic N) is 1. The number of aliphatic hydroxyl groups excluding tert-OH is 1. The number of carbonyl (C=O) groups is 1. The average Bonchev–Trinajstić information content (AvgIpc) is 2.77. The fourth-order valence-corrected chi connectivity index (χ4v) is 3.56. The second-order valence-electron chi connectivity index (χ2n) is 7.85. The van der Waals surface area contributed by atoms with Crippen molar-refractivity contribution >= 4 is 11.6 Å². The first kappa shape index (κ1) is 23.5. The van der Waals surface area contributed by atoms with E-state index in [9.17, 15) is 23.1 Å². The minimum atomic E-state index is -4.38. The summed E-state index contributed by atoms with van der Waals surface area (Å²) in [5, 5.41) is 9.98. The molecule has 3 aromatic rings. The monoisotopic (exact) mass is 441 g/mol. The van der Waals surface area contributed by atoms with Crippen LogP contribution in [0.5, 0.6) is 0 Å². The van der Waals surface area contributed by atoms with E-state index < -0.39 is 17.7 Å². The van der Waals surface area contributed by atoms with Gasteiger partial charge in [-0.1, -0.05) is 48.5 Å². The molecular weight excluding hydrogens is 415 g/mol. The van der Waals surface area contributed by atoms with Crippen LogP contribution < -0.4 is 4.90 Å². The van der Waals surface area contributed by atoms with E-state index in [1.807, 2.05) is 50.2 Å². The lowest BCUT2D eigenvalue weighted by Crippen LogP contribution is -2.38. The Kier molecular flexibility index (Phi) is 7.36. The molecule has 1 N–H and O–H groups in total. The van der Waals surface area contributed by atoms with Crippen LogP contribution in [0.1, 0.15) is 33.7 Å². The van der Waals surface area contributed by atoms with Crippen molar-refractivity contribution in [1.29, 1.82) is 0 Å². The molecule has 0 aliphatic heterocycles. The molecule has 6 heteroatoms. The van der Waals surface area contributed by atoms with E-state index in [1.54, 1.807) is 17.0 Å². The van der Waals surface area contributed by atoms with Crippen LogP contribution in [-0.4, -0.2) is 24.2 Å². The molecule has 0 saturated heterocycles. The van der Waals surface area contributed by atoms with Gasteiger partial charge in [0.05, 0.1) is 18.1 Å². The standard InChI is InChI=1S/C26H26F3NO2/c1-18-8-13-23(16-19(18)2)30(25(32)24(17-31)21-6-4-3-5-7-21)15-14-20-9-11-22(12-10-20)26(27,28)29/h3-13,16,24,31H,14-15,17H2,1-2H3/t24-/m1/s1. The largest absolute Gasteiger partial charge is 0.416 e. The van der Waals surface area contributed by atoms with Crippen LogP contribution >= 0.6 is 0 Å². The Morgan fingerprint density at radius 3 is 2.16 bits per heavy atom. The third kappa shape index (κ3) is 5.56. The zero-order chi connectivity index (χ0) is 23.3. The quantitative estimate of drug-likeness (QED) is 0.513. The van der Waals surface area contributed by atoms with E-state index in [1.165, 1.54) is 12.1 Å². The molecule has 1 amide bonds. The maximum atomic E-state index is 13.5. The summed E-state index contributed by atoms with van der Waals surface area (Å²) in [6, 6.07) is 19.7. The first-order valence-electron chi connectivity index (χ1n) is 10.4. The van der Waals surface area contributed by atoms with E-state index >= 15 is 0 Å². The summed E-state index contributed by atoms with van der Waals surface area (Å²) in [6.45, 7) is 3.87. The van der Waals surface area contributed by atoms with Gasteiger partial charge in [0.25, 0.3) is 0 Å². The summed E-state index contributed by atoms with van der Waals surface area (Å²) >= 11 is 0. The van der Waals surface area contributed by atoms with Crippen LogP contribution in [0.3, 0.4) is 0 Å². The predicted molar refractivity (Wildman–Crippen MR) is 120 cm³/mol. The van der Waals surface area contributed by atoms with Crippen molar-refractivity contribution in [1.82, 2.24) is 0 Å². The number of benzene rings is 3. The topological polar surface area (TPSA) is 40.5 Å². The highest BCUT2D eigenvalue weighted by molar-refractivity contribution is 5.98. The fourth-order valence-electron chi connectivity index (χ4n) is 3.56. The predicted octanol–water partition coefficient (Wildman–Crippen LogP) is 5.67. The number of hydrogen-bond donors (Lipinski definition) is 1. The van der Waals surface area contributed by atoms with Crippen LogP contribution in [0.4, 0.5) is 18.9 Å². The molecule has 3 rings (SSSR count). The van der Waals surface area contributed by atoms with Crippen molar-refractivity contribution in [3.05, 3.63) is 101 Å². The smallest absolute Gasteiger partial charge is 0.395 e. The van der Waals surface area contributed by atoms with Gasteiger partial charge in [-0.25, -0.2) is 0 Å². The molecule has 0 heterocycles. The van der Waals surface area contributed by atoms with E-state index in [0.29, 0.717) is 23.2 Å². The van der Waals surface area contributed by atoms with Crippen LogP contribution in [0.25, 0.3) is 0 Å². The number of aliphatic hydroxyl groups is 1. The normalized spacial score (nSPS) is 12.4. The van der Waals surface area contributed by atoms with Gasteiger partial charge in [-0.3, -0.25) is 4.79 Å². The van der Waals surface area contributed by atoms with Gasteiger partial charge in [-0.05, 0) is 66.8 Å². The molecule has 0 aromatic heterocycles. The Bertz CT molecular complexity index is 1050. The second kappa shape index (κ2) is 10.0. The summed E-state index contributed by atoms with van der Waals surface area (Å²) in [7, 11) is 0. The molecule has 0 unspecified atom stereocenters. The lowest BCUT2D eigenvalue weighted by Gasteiger charge is -2.28. The average molecular weight is 441 g/mol. The maximum Gasteiger partial charge on any atom is 0.416 e. The summed E-state index contributed by atoms with van der Waals surface area (Å²) in [4.78, 5) is 15.1. The lowest BCUT2D eigenvalue weighted by molar-refractivity contribution is -0.137. The van der Waals surface area contributed by atoms with Gasteiger partial charge in [0.15, 0.2) is 0 Å². The van der Waals surface area contributed by atoms with E-state index in [4.69, 9.17) is 0 Å². The van der Waals surface area contributed by atoms with Crippen molar-refractivity contribution in [2.75, 3.05) is 18.1 Å². The molecule has 3 aromatic carbocycles. The van der Waals surface area contributed by atoms with Gasteiger partial charge >= 0.3 is 6.18 Å². The first-order chi connectivity index (χ1) is 15.2. The van der Waals surface area contributed by atoms with Gasteiger partial charge in [-0.2, -0.15) is 13.2 Å². The number of anilines is 1. The third-order valence-corrected chi connectivity index (χ3v) is 5.66. The van der Waals surface area contributed by atoms with Gasteiger partial charge in [0, 0.05) is 12.2 Å². The first-order valence-corrected chi connectivity index (χ1v) is 10.4. The number of hydrogen-bond acceptors (Lipinski definition) is 2. The SMILES string of the molecule is Cc1ccc(N(CCc2ccc(C(F)(F)F)cc2)C(=O)[C@H](CO)c2ccccc2)cc1C. The molecular formula is C26H26F3NO2. The number of amides is 1. The summed E-state index contributed by atoms with van der Waals surface area (Å²) < 4.78 is 38.5. The molecule has 1 atom stereocenters.